The molecule has 0 aliphatic heterocycles. The lowest BCUT2D eigenvalue weighted by Crippen LogP contribution is -3.00. The molecule has 0 aromatic rings. The Bertz CT molecular complexity index is 602. The second-order valence-electron chi connectivity index (χ2n) is 10.2. The SMILES string of the molecule is CCOCCOCC(=O)CCCC[N+](C)(C)CC#CC[N+](C)(C)CCCNC(=O)COCCOCC.[Cl-].[Cl-]. The minimum Gasteiger partial charge on any atom is -1.00 e. The van der Waals surface area contributed by atoms with Gasteiger partial charge in [0.05, 0.1) is 67.7 Å². The molecule has 11 heteroatoms. The van der Waals surface area contributed by atoms with Crippen LogP contribution in [0, 0.1) is 11.8 Å². The predicted molar refractivity (Wildman–Crippen MR) is 143 cm³/mol. The number of carbonyl (C=O) groups is 2. The minimum absolute atomic E-state index is 0. The molecule has 1 N–H and O–H groups in total. The van der Waals surface area contributed by atoms with E-state index in [1.807, 2.05) is 13.8 Å². The van der Waals surface area contributed by atoms with Gasteiger partial charge in [-0.1, -0.05) is 0 Å². The van der Waals surface area contributed by atoms with Gasteiger partial charge in [0, 0.05) is 32.6 Å². The fraction of sp³-hybridized carbons (Fsp3) is 0.852. The van der Waals surface area contributed by atoms with Crippen molar-refractivity contribution >= 4 is 11.7 Å². The van der Waals surface area contributed by atoms with E-state index in [-0.39, 0.29) is 49.7 Å². The van der Waals surface area contributed by atoms with E-state index in [2.05, 4.69) is 45.3 Å². The third-order valence-electron chi connectivity index (χ3n) is 5.52. The Balaban J connectivity index is -0.00000612. The minimum atomic E-state index is -0.0909. The van der Waals surface area contributed by atoms with E-state index >= 15 is 0 Å². The van der Waals surface area contributed by atoms with Crippen molar-refractivity contribution < 1.29 is 62.3 Å². The molecule has 0 aliphatic carbocycles. The maximum absolute atomic E-state index is 11.9. The predicted octanol–water partition coefficient (Wildman–Crippen LogP) is -4.50. The van der Waals surface area contributed by atoms with Crippen LogP contribution in [-0.4, -0.2) is 134 Å². The average Bonchev–Trinajstić information content (AvgIpc) is 2.82. The first-order valence-electron chi connectivity index (χ1n) is 13.3. The first kappa shape index (κ1) is 41.5. The summed E-state index contributed by atoms with van der Waals surface area (Å²) in [6, 6.07) is 0. The highest BCUT2D eigenvalue weighted by atomic mass is 35.5. The van der Waals surface area contributed by atoms with Crippen molar-refractivity contribution in [3.63, 3.8) is 0 Å². The summed E-state index contributed by atoms with van der Waals surface area (Å²) in [4.78, 5) is 23.7. The van der Waals surface area contributed by atoms with Crippen LogP contribution in [0.2, 0.25) is 0 Å². The van der Waals surface area contributed by atoms with Crippen molar-refractivity contribution in [3.05, 3.63) is 0 Å². The van der Waals surface area contributed by atoms with Crippen LogP contribution >= 0.6 is 0 Å². The molecular formula is C27H53Cl2N3O6. The normalized spacial score (nSPS) is 11.1. The van der Waals surface area contributed by atoms with Crippen LogP contribution in [0.4, 0.5) is 0 Å². The van der Waals surface area contributed by atoms with Gasteiger partial charge in [-0.05, 0) is 38.5 Å². The van der Waals surface area contributed by atoms with Crippen LogP contribution in [-0.2, 0) is 28.5 Å². The van der Waals surface area contributed by atoms with E-state index in [1.165, 1.54) is 0 Å². The van der Waals surface area contributed by atoms with Crippen LogP contribution in [0.3, 0.4) is 0 Å². The van der Waals surface area contributed by atoms with Crippen molar-refractivity contribution in [1.29, 1.82) is 0 Å². The molecule has 0 bridgehead atoms. The molecule has 0 radical (unpaired) electrons. The third-order valence-corrected chi connectivity index (χ3v) is 5.52. The zero-order valence-electron chi connectivity index (χ0n) is 24.6. The van der Waals surface area contributed by atoms with Gasteiger partial charge in [-0.25, -0.2) is 0 Å². The third kappa shape index (κ3) is 28.1. The lowest BCUT2D eigenvalue weighted by Gasteiger charge is -2.28. The van der Waals surface area contributed by atoms with Gasteiger partial charge >= 0.3 is 0 Å². The van der Waals surface area contributed by atoms with Crippen LogP contribution in [0.1, 0.15) is 39.5 Å². The number of unbranched alkanes of at least 4 members (excludes halogenated alkanes) is 1. The monoisotopic (exact) mass is 585 g/mol. The quantitative estimate of drug-likeness (QED) is 0.0739. The van der Waals surface area contributed by atoms with Crippen LogP contribution in [0.5, 0.6) is 0 Å². The molecular weight excluding hydrogens is 533 g/mol. The summed E-state index contributed by atoms with van der Waals surface area (Å²) in [6.45, 7) is 11.5. The summed E-state index contributed by atoms with van der Waals surface area (Å²) < 4.78 is 22.6. The number of quaternary nitrogens is 2. The molecule has 0 heterocycles. The van der Waals surface area contributed by atoms with Crippen LogP contribution in [0.25, 0.3) is 0 Å². The summed E-state index contributed by atoms with van der Waals surface area (Å²) in [5.74, 6) is 6.73. The Morgan fingerprint density at radius 1 is 0.684 bits per heavy atom. The highest BCUT2D eigenvalue weighted by molar-refractivity contribution is 5.79. The topological polar surface area (TPSA) is 83.1 Å². The summed E-state index contributed by atoms with van der Waals surface area (Å²) in [5, 5.41) is 2.90. The standard InChI is InChI=1S/C27H52N3O6.2ClH/c1-7-33-20-22-35-24-26(31)14-9-10-16-29(3,4)17-11-12-18-30(5,6)19-13-15-28-27(32)25-36-23-21-34-8-2;;/h7-10,13-25H2,1-6H3;2*1H/q+1;;/p-1. The number of Topliss-reactive ketones (excluding diaryl/α,β-unsaturated/α-hetero) is 1. The van der Waals surface area contributed by atoms with Crippen molar-refractivity contribution in [3.8, 4) is 11.8 Å². The molecule has 9 nitrogen and oxygen atoms in total. The second kappa shape index (κ2) is 26.3. The van der Waals surface area contributed by atoms with E-state index in [4.69, 9.17) is 18.9 Å². The maximum Gasteiger partial charge on any atom is 0.246 e. The number of rotatable bonds is 23. The average molecular weight is 587 g/mol. The Kier molecular flexibility index (Phi) is 28.7. The van der Waals surface area contributed by atoms with Gasteiger partial charge in [-0.2, -0.15) is 0 Å². The van der Waals surface area contributed by atoms with Crippen molar-refractivity contribution in [1.82, 2.24) is 5.32 Å². The van der Waals surface area contributed by atoms with Gasteiger partial charge < -0.3 is 58.0 Å². The van der Waals surface area contributed by atoms with E-state index < -0.39 is 0 Å². The molecule has 0 saturated heterocycles. The van der Waals surface area contributed by atoms with Gasteiger partial charge in [0.15, 0.2) is 5.78 Å². The fourth-order valence-electron chi connectivity index (χ4n) is 3.29. The molecule has 226 valence electrons. The fourth-order valence-corrected chi connectivity index (χ4v) is 3.29. The van der Waals surface area contributed by atoms with Crippen molar-refractivity contribution in [2.75, 3.05) is 114 Å². The molecule has 0 atom stereocenters. The summed E-state index contributed by atoms with van der Waals surface area (Å²) in [6.07, 6.45) is 3.32. The first-order chi connectivity index (χ1) is 17.1. The summed E-state index contributed by atoms with van der Waals surface area (Å²) in [7, 11) is 8.67. The summed E-state index contributed by atoms with van der Waals surface area (Å²) >= 11 is 0. The molecule has 0 spiro atoms. The van der Waals surface area contributed by atoms with Crippen molar-refractivity contribution in [2.45, 2.75) is 39.5 Å². The molecule has 0 saturated carbocycles. The van der Waals surface area contributed by atoms with Crippen LogP contribution in [0.15, 0.2) is 0 Å². The number of nitrogens with one attached hydrogen (secondary N) is 1. The molecule has 0 aliphatic rings. The highest BCUT2D eigenvalue weighted by Crippen LogP contribution is 2.04. The number of carbonyl (C=O) groups excluding carboxylic acids is 2. The highest BCUT2D eigenvalue weighted by Gasteiger charge is 2.15. The lowest BCUT2D eigenvalue weighted by molar-refractivity contribution is -0.884. The van der Waals surface area contributed by atoms with Gasteiger partial charge in [0.25, 0.3) is 0 Å². The molecule has 0 rings (SSSR count). The van der Waals surface area contributed by atoms with E-state index in [0.29, 0.717) is 52.6 Å². The van der Waals surface area contributed by atoms with Crippen molar-refractivity contribution in [2.24, 2.45) is 0 Å². The number of halogens is 2. The Morgan fingerprint density at radius 3 is 1.68 bits per heavy atom. The van der Waals surface area contributed by atoms with Crippen LogP contribution < -0.4 is 30.1 Å². The van der Waals surface area contributed by atoms with E-state index in [0.717, 1.165) is 54.4 Å². The number of hydrogen-bond donors (Lipinski definition) is 1. The molecule has 1 amide bonds. The first-order valence-corrected chi connectivity index (χ1v) is 13.3. The van der Waals surface area contributed by atoms with Gasteiger partial charge in [0.2, 0.25) is 5.91 Å². The second-order valence-corrected chi connectivity index (χ2v) is 10.2. The van der Waals surface area contributed by atoms with Gasteiger partial charge in [-0.15, -0.1) is 0 Å². The number of nitrogens with zero attached hydrogens (tertiary/aromatic N) is 2. The summed E-state index contributed by atoms with van der Waals surface area (Å²) in [5.41, 5.74) is 0. The largest absolute Gasteiger partial charge is 1.00 e. The molecule has 0 aromatic heterocycles. The zero-order chi connectivity index (χ0) is 27.1. The van der Waals surface area contributed by atoms with Gasteiger partial charge in [0.1, 0.15) is 26.3 Å². The van der Waals surface area contributed by atoms with Gasteiger partial charge in [-0.3, -0.25) is 9.59 Å². The Labute approximate surface area is 244 Å². The van der Waals surface area contributed by atoms with E-state index in [1.54, 1.807) is 0 Å². The smallest absolute Gasteiger partial charge is 0.246 e. The number of amides is 1. The van der Waals surface area contributed by atoms with E-state index in [9.17, 15) is 9.59 Å². The molecule has 0 fully saturated rings. The number of ether oxygens (including phenoxy) is 4. The molecule has 38 heavy (non-hydrogen) atoms. The maximum atomic E-state index is 11.9. The Hall–Kier alpha value is -0.960. The zero-order valence-corrected chi connectivity index (χ0v) is 26.1. The Morgan fingerprint density at radius 2 is 1.16 bits per heavy atom. The lowest BCUT2D eigenvalue weighted by atomic mass is 10.1. The number of ketones is 1. The molecule has 0 aromatic carbocycles. The number of hydrogen-bond acceptors (Lipinski definition) is 6. The molecule has 0 unspecified atom stereocenters.